The van der Waals surface area contributed by atoms with Crippen molar-refractivity contribution in [2.75, 3.05) is 0 Å². The Balaban J connectivity index is 2.00. The average molecular weight is 276 g/mol. The van der Waals surface area contributed by atoms with Crippen LogP contribution in [0, 0.1) is 6.92 Å². The lowest BCUT2D eigenvalue weighted by molar-refractivity contribution is 1.19. The van der Waals surface area contributed by atoms with Crippen molar-refractivity contribution in [1.82, 2.24) is 9.97 Å². The van der Waals surface area contributed by atoms with Crippen molar-refractivity contribution in [1.29, 1.82) is 0 Å². The van der Waals surface area contributed by atoms with Gasteiger partial charge in [-0.25, -0.2) is 0 Å². The van der Waals surface area contributed by atoms with Crippen LogP contribution < -0.4 is 0 Å². The molecular formula is C17H12N2S. The third-order valence-electron chi connectivity index (χ3n) is 3.55. The highest BCUT2D eigenvalue weighted by atomic mass is 32.1. The number of pyridine rings is 2. The quantitative estimate of drug-likeness (QED) is 0.498. The van der Waals surface area contributed by atoms with Gasteiger partial charge in [0.2, 0.25) is 0 Å². The SMILES string of the molecule is Cc1ncccc1-c1cc2sc3ccccc3c2cn1. The number of hydrogen-bond donors (Lipinski definition) is 0. The van der Waals surface area contributed by atoms with Gasteiger partial charge in [0.15, 0.2) is 0 Å². The van der Waals surface area contributed by atoms with E-state index in [1.807, 2.05) is 36.7 Å². The van der Waals surface area contributed by atoms with Crippen molar-refractivity contribution in [2.24, 2.45) is 0 Å². The number of rotatable bonds is 1. The smallest absolute Gasteiger partial charge is 0.0734 e. The monoisotopic (exact) mass is 276 g/mol. The van der Waals surface area contributed by atoms with E-state index in [0.717, 1.165) is 17.0 Å². The summed E-state index contributed by atoms with van der Waals surface area (Å²) >= 11 is 1.82. The molecule has 0 N–H and O–H groups in total. The van der Waals surface area contributed by atoms with E-state index in [-0.39, 0.29) is 0 Å². The number of benzene rings is 1. The van der Waals surface area contributed by atoms with Gasteiger partial charge in [-0.1, -0.05) is 18.2 Å². The maximum Gasteiger partial charge on any atom is 0.0734 e. The highest BCUT2D eigenvalue weighted by Gasteiger charge is 2.08. The summed E-state index contributed by atoms with van der Waals surface area (Å²) in [5, 5.41) is 2.52. The van der Waals surface area contributed by atoms with Gasteiger partial charge >= 0.3 is 0 Å². The summed E-state index contributed by atoms with van der Waals surface area (Å²) in [4.78, 5) is 8.97. The topological polar surface area (TPSA) is 25.8 Å². The highest BCUT2D eigenvalue weighted by Crippen LogP contribution is 2.35. The fourth-order valence-corrected chi connectivity index (χ4v) is 3.64. The van der Waals surface area contributed by atoms with E-state index >= 15 is 0 Å². The summed E-state index contributed by atoms with van der Waals surface area (Å²) in [6, 6.07) is 14.7. The maximum atomic E-state index is 4.63. The molecule has 4 rings (SSSR count). The second kappa shape index (κ2) is 4.39. The van der Waals surface area contributed by atoms with Crippen LogP contribution in [0.3, 0.4) is 0 Å². The summed E-state index contributed by atoms with van der Waals surface area (Å²) in [6.45, 7) is 2.02. The van der Waals surface area contributed by atoms with Crippen molar-refractivity contribution in [2.45, 2.75) is 6.92 Å². The van der Waals surface area contributed by atoms with Crippen molar-refractivity contribution < 1.29 is 0 Å². The second-order valence-corrected chi connectivity index (χ2v) is 5.88. The minimum atomic E-state index is 0.995. The Morgan fingerprint density at radius 1 is 0.900 bits per heavy atom. The molecule has 0 aliphatic heterocycles. The number of hydrogen-bond acceptors (Lipinski definition) is 3. The van der Waals surface area contributed by atoms with Gasteiger partial charge in [-0.3, -0.25) is 9.97 Å². The number of aromatic nitrogens is 2. The molecule has 0 aliphatic rings. The Morgan fingerprint density at radius 2 is 1.80 bits per heavy atom. The summed E-state index contributed by atoms with van der Waals surface area (Å²) in [7, 11) is 0. The first-order chi connectivity index (χ1) is 9.83. The molecule has 0 radical (unpaired) electrons. The Hall–Kier alpha value is -2.26. The van der Waals surface area contributed by atoms with Gasteiger partial charge < -0.3 is 0 Å². The third kappa shape index (κ3) is 1.71. The van der Waals surface area contributed by atoms with Crippen molar-refractivity contribution >= 4 is 31.5 Å². The zero-order valence-electron chi connectivity index (χ0n) is 11.0. The molecule has 0 saturated heterocycles. The minimum Gasteiger partial charge on any atom is -0.261 e. The molecule has 3 heterocycles. The Morgan fingerprint density at radius 3 is 2.70 bits per heavy atom. The fourth-order valence-electron chi connectivity index (χ4n) is 2.52. The largest absolute Gasteiger partial charge is 0.261 e. The second-order valence-electron chi connectivity index (χ2n) is 4.80. The lowest BCUT2D eigenvalue weighted by Crippen LogP contribution is -1.88. The summed E-state index contributed by atoms with van der Waals surface area (Å²) in [5.41, 5.74) is 3.11. The van der Waals surface area contributed by atoms with E-state index in [0.29, 0.717) is 0 Å². The molecule has 3 aromatic heterocycles. The van der Waals surface area contributed by atoms with Crippen LogP contribution in [-0.2, 0) is 0 Å². The third-order valence-corrected chi connectivity index (χ3v) is 4.68. The van der Waals surface area contributed by atoms with Crippen LogP contribution in [0.4, 0.5) is 0 Å². The molecule has 1 aromatic carbocycles. The molecule has 3 heteroatoms. The normalized spacial score (nSPS) is 11.2. The van der Waals surface area contributed by atoms with Gasteiger partial charge in [0.05, 0.1) is 5.69 Å². The molecule has 0 aliphatic carbocycles. The van der Waals surface area contributed by atoms with Gasteiger partial charge in [-0.2, -0.15) is 0 Å². The van der Waals surface area contributed by atoms with Crippen molar-refractivity contribution in [3.63, 3.8) is 0 Å². The molecular weight excluding hydrogens is 264 g/mol. The fraction of sp³-hybridized carbons (Fsp3) is 0.0588. The average Bonchev–Trinajstić information content (AvgIpc) is 2.85. The van der Waals surface area contributed by atoms with Crippen LogP contribution >= 0.6 is 11.3 Å². The molecule has 0 atom stereocenters. The number of aryl methyl sites for hydroxylation is 1. The van der Waals surface area contributed by atoms with E-state index in [9.17, 15) is 0 Å². The summed E-state index contributed by atoms with van der Waals surface area (Å²) in [6.07, 6.45) is 3.80. The highest BCUT2D eigenvalue weighted by molar-refractivity contribution is 7.25. The van der Waals surface area contributed by atoms with Gasteiger partial charge in [0.25, 0.3) is 0 Å². The van der Waals surface area contributed by atoms with Crippen molar-refractivity contribution in [3.8, 4) is 11.3 Å². The molecule has 4 aromatic rings. The van der Waals surface area contributed by atoms with Crippen LogP contribution in [0.1, 0.15) is 5.69 Å². The van der Waals surface area contributed by atoms with E-state index in [2.05, 4.69) is 46.4 Å². The number of thiophene rings is 1. The van der Waals surface area contributed by atoms with Gasteiger partial charge in [-0.05, 0) is 31.2 Å². The van der Waals surface area contributed by atoms with Crippen LogP contribution in [0.5, 0.6) is 0 Å². The Labute approximate surface area is 120 Å². The Kier molecular flexibility index (Phi) is 2.54. The van der Waals surface area contributed by atoms with Crippen molar-refractivity contribution in [3.05, 3.63) is 60.6 Å². The zero-order chi connectivity index (χ0) is 13.5. The minimum absolute atomic E-state index is 0.995. The number of nitrogens with zero attached hydrogens (tertiary/aromatic N) is 2. The van der Waals surface area contributed by atoms with E-state index in [1.165, 1.54) is 20.2 Å². The zero-order valence-corrected chi connectivity index (χ0v) is 11.8. The molecule has 0 saturated carbocycles. The molecule has 20 heavy (non-hydrogen) atoms. The first-order valence-electron chi connectivity index (χ1n) is 6.52. The Bertz CT molecular complexity index is 924. The first-order valence-corrected chi connectivity index (χ1v) is 7.34. The standard InChI is InChI=1S/C17H12N2S/c1-11-12(6-4-8-18-11)15-9-17-14(10-19-15)13-5-2-3-7-16(13)20-17/h2-10H,1H3. The lowest BCUT2D eigenvalue weighted by atomic mass is 10.1. The van der Waals surface area contributed by atoms with Gasteiger partial charge in [-0.15, -0.1) is 11.3 Å². The molecule has 96 valence electrons. The van der Waals surface area contributed by atoms with E-state index in [1.54, 1.807) is 0 Å². The lowest BCUT2D eigenvalue weighted by Gasteiger charge is -2.03. The summed E-state index contributed by atoms with van der Waals surface area (Å²) in [5.74, 6) is 0. The molecule has 0 amide bonds. The molecule has 0 spiro atoms. The van der Waals surface area contributed by atoms with E-state index < -0.39 is 0 Å². The van der Waals surface area contributed by atoms with Gasteiger partial charge in [0, 0.05) is 43.8 Å². The summed E-state index contributed by atoms with van der Waals surface area (Å²) < 4.78 is 2.59. The first kappa shape index (κ1) is 11.6. The predicted molar refractivity (Wildman–Crippen MR) is 85.1 cm³/mol. The maximum absolute atomic E-state index is 4.63. The molecule has 0 fully saturated rings. The van der Waals surface area contributed by atoms with Gasteiger partial charge in [0.1, 0.15) is 0 Å². The van der Waals surface area contributed by atoms with Crippen LogP contribution in [-0.4, -0.2) is 9.97 Å². The van der Waals surface area contributed by atoms with Crippen LogP contribution in [0.25, 0.3) is 31.4 Å². The predicted octanol–water partition coefficient (Wildman–Crippen LogP) is 4.82. The van der Waals surface area contributed by atoms with E-state index in [4.69, 9.17) is 0 Å². The number of fused-ring (bicyclic) bond motifs is 3. The van der Waals surface area contributed by atoms with Crippen LogP contribution in [0.2, 0.25) is 0 Å². The molecule has 0 unspecified atom stereocenters. The molecule has 0 bridgehead atoms. The van der Waals surface area contributed by atoms with Crippen LogP contribution in [0.15, 0.2) is 54.9 Å². The molecule has 2 nitrogen and oxygen atoms in total.